The molecule has 138 valence electrons. The smallest absolute Gasteiger partial charge is 0.271 e. The van der Waals surface area contributed by atoms with E-state index in [-0.39, 0.29) is 27.6 Å². The Morgan fingerprint density at radius 3 is 2.38 bits per heavy atom. The summed E-state index contributed by atoms with van der Waals surface area (Å²) < 4.78 is 32.7. The van der Waals surface area contributed by atoms with Gasteiger partial charge in [-0.3, -0.25) is 14.8 Å². The van der Waals surface area contributed by atoms with Crippen molar-refractivity contribution in [1.29, 1.82) is 0 Å². The first-order valence-corrected chi connectivity index (χ1v) is 8.73. The number of carboxylic acid groups (broad SMARTS) is 1. The van der Waals surface area contributed by atoms with E-state index >= 15 is 0 Å². The standard InChI is InChI=1S/C16H16N2O7S/c1-9-6-11(16(19)20)7-15(10(9)2)26(23,24)17-13-8-12(18(21)22)4-5-14(13)25-3/h4-8,17H,1-3H3,(H,19,20)/p-1. The highest BCUT2D eigenvalue weighted by Gasteiger charge is 2.22. The van der Waals surface area contributed by atoms with Crippen molar-refractivity contribution in [2.75, 3.05) is 11.8 Å². The van der Waals surface area contributed by atoms with Crippen LogP contribution in [0, 0.1) is 24.0 Å². The van der Waals surface area contributed by atoms with Crippen molar-refractivity contribution in [2.24, 2.45) is 0 Å². The molecule has 0 radical (unpaired) electrons. The van der Waals surface area contributed by atoms with Gasteiger partial charge >= 0.3 is 0 Å². The summed E-state index contributed by atoms with van der Waals surface area (Å²) in [6.45, 7) is 3.09. The molecule has 0 saturated carbocycles. The molecule has 0 atom stereocenters. The van der Waals surface area contributed by atoms with Gasteiger partial charge in [-0.25, -0.2) is 8.42 Å². The fourth-order valence-electron chi connectivity index (χ4n) is 2.31. The minimum Gasteiger partial charge on any atom is -0.545 e. The first kappa shape index (κ1) is 19.2. The third-order valence-electron chi connectivity index (χ3n) is 3.78. The minimum absolute atomic E-state index is 0.0737. The van der Waals surface area contributed by atoms with Crippen LogP contribution < -0.4 is 14.6 Å². The predicted molar refractivity (Wildman–Crippen MR) is 90.7 cm³/mol. The molecule has 0 saturated heterocycles. The van der Waals surface area contributed by atoms with Gasteiger partial charge in [-0.15, -0.1) is 0 Å². The summed E-state index contributed by atoms with van der Waals surface area (Å²) >= 11 is 0. The number of aryl methyl sites for hydroxylation is 1. The second kappa shape index (κ2) is 7.00. The van der Waals surface area contributed by atoms with Gasteiger partial charge in [0, 0.05) is 12.1 Å². The van der Waals surface area contributed by atoms with E-state index in [4.69, 9.17) is 4.74 Å². The second-order valence-corrected chi connectivity index (χ2v) is 7.10. The van der Waals surface area contributed by atoms with E-state index < -0.39 is 20.9 Å². The molecule has 0 aromatic heterocycles. The summed E-state index contributed by atoms with van der Waals surface area (Å²) in [4.78, 5) is 21.1. The minimum atomic E-state index is -4.24. The van der Waals surface area contributed by atoms with Crippen molar-refractivity contribution in [3.8, 4) is 5.75 Å². The monoisotopic (exact) mass is 379 g/mol. The van der Waals surface area contributed by atoms with Crippen molar-refractivity contribution in [3.63, 3.8) is 0 Å². The molecule has 0 fully saturated rings. The molecule has 2 aromatic rings. The number of benzene rings is 2. The Morgan fingerprint density at radius 2 is 1.85 bits per heavy atom. The Balaban J connectivity index is 2.58. The van der Waals surface area contributed by atoms with Crippen LogP contribution in [0.15, 0.2) is 35.2 Å². The summed E-state index contributed by atoms with van der Waals surface area (Å²) in [6.07, 6.45) is 0. The summed E-state index contributed by atoms with van der Waals surface area (Å²) in [5.41, 5.74) is 0.0157. The highest BCUT2D eigenvalue weighted by Crippen LogP contribution is 2.32. The molecule has 0 aliphatic heterocycles. The number of carboxylic acids is 1. The Kier molecular flexibility index (Phi) is 5.17. The summed E-state index contributed by atoms with van der Waals surface area (Å²) in [5.74, 6) is -1.44. The van der Waals surface area contributed by atoms with Crippen LogP contribution in [0.25, 0.3) is 0 Å². The van der Waals surface area contributed by atoms with Crippen LogP contribution in [0.4, 0.5) is 11.4 Å². The van der Waals surface area contributed by atoms with Gasteiger partial charge in [0.1, 0.15) is 5.75 Å². The molecule has 0 spiro atoms. The number of non-ortho nitro benzene ring substituents is 1. The molecule has 1 N–H and O–H groups in total. The molecule has 0 heterocycles. The molecule has 10 heteroatoms. The van der Waals surface area contributed by atoms with Crippen molar-refractivity contribution >= 4 is 27.4 Å². The highest BCUT2D eigenvalue weighted by molar-refractivity contribution is 7.92. The average Bonchev–Trinajstić information content (AvgIpc) is 2.56. The maximum atomic E-state index is 12.7. The van der Waals surface area contributed by atoms with Gasteiger partial charge in [0.05, 0.1) is 28.6 Å². The Hall–Kier alpha value is -3.14. The number of ether oxygens (including phenoxy) is 1. The number of hydrogen-bond donors (Lipinski definition) is 1. The van der Waals surface area contributed by atoms with E-state index in [2.05, 4.69) is 4.72 Å². The van der Waals surface area contributed by atoms with E-state index in [1.54, 1.807) is 6.92 Å². The number of rotatable bonds is 6. The SMILES string of the molecule is COc1ccc([N+](=O)[O-])cc1NS(=O)(=O)c1cc(C(=O)[O-])cc(C)c1C. The molecule has 0 amide bonds. The second-order valence-electron chi connectivity index (χ2n) is 5.45. The number of carbonyl (C=O) groups is 1. The lowest BCUT2D eigenvalue weighted by molar-refractivity contribution is -0.384. The number of nitro benzene ring substituents is 1. The van der Waals surface area contributed by atoms with Gasteiger partial charge in [0.25, 0.3) is 15.7 Å². The van der Waals surface area contributed by atoms with E-state index in [9.17, 15) is 28.4 Å². The number of nitrogens with one attached hydrogen (secondary N) is 1. The molecular weight excluding hydrogens is 364 g/mol. The summed E-state index contributed by atoms with van der Waals surface area (Å²) in [7, 11) is -2.96. The van der Waals surface area contributed by atoms with Gasteiger partial charge in [-0.05, 0) is 48.7 Å². The number of carbonyl (C=O) groups excluding carboxylic acids is 1. The highest BCUT2D eigenvalue weighted by atomic mass is 32.2. The van der Waals surface area contributed by atoms with Crippen molar-refractivity contribution in [3.05, 3.63) is 57.1 Å². The van der Waals surface area contributed by atoms with Crippen LogP contribution in [0.3, 0.4) is 0 Å². The molecule has 2 rings (SSSR count). The number of nitro groups is 1. The fraction of sp³-hybridized carbons (Fsp3) is 0.188. The van der Waals surface area contributed by atoms with Crippen molar-refractivity contribution in [2.45, 2.75) is 18.7 Å². The quantitative estimate of drug-likeness (QED) is 0.591. The molecule has 0 aliphatic carbocycles. The predicted octanol–water partition coefficient (Wildman–Crippen LogP) is 1.38. The average molecular weight is 379 g/mol. The molecule has 2 aromatic carbocycles. The van der Waals surface area contributed by atoms with Crippen LogP contribution >= 0.6 is 0 Å². The van der Waals surface area contributed by atoms with E-state index in [1.807, 2.05) is 0 Å². The summed E-state index contributed by atoms with van der Waals surface area (Å²) in [6, 6.07) is 5.72. The number of nitrogens with zero attached hydrogens (tertiary/aromatic N) is 1. The number of hydrogen-bond acceptors (Lipinski definition) is 7. The Bertz CT molecular complexity index is 1000. The first-order valence-electron chi connectivity index (χ1n) is 7.24. The lowest BCUT2D eigenvalue weighted by atomic mass is 10.1. The molecule has 9 nitrogen and oxygen atoms in total. The van der Waals surface area contributed by atoms with Crippen molar-refractivity contribution < 1.29 is 28.0 Å². The first-order chi connectivity index (χ1) is 12.1. The van der Waals surface area contributed by atoms with E-state index in [1.165, 1.54) is 32.2 Å². The Labute approximate surface area is 149 Å². The third-order valence-corrected chi connectivity index (χ3v) is 5.27. The number of methoxy groups -OCH3 is 1. The van der Waals surface area contributed by atoms with Gasteiger partial charge in [0.15, 0.2) is 0 Å². The van der Waals surface area contributed by atoms with Crippen LogP contribution in [0.2, 0.25) is 0 Å². The van der Waals surface area contributed by atoms with Crippen LogP contribution in [-0.2, 0) is 10.0 Å². The van der Waals surface area contributed by atoms with E-state index in [0.29, 0.717) is 11.1 Å². The van der Waals surface area contributed by atoms with Crippen LogP contribution in [0.5, 0.6) is 5.75 Å². The third kappa shape index (κ3) is 3.75. The lowest BCUT2D eigenvalue weighted by Crippen LogP contribution is -2.24. The van der Waals surface area contributed by atoms with Gasteiger partial charge in [-0.2, -0.15) is 0 Å². The van der Waals surface area contributed by atoms with Crippen LogP contribution in [-0.4, -0.2) is 26.4 Å². The molecule has 0 unspecified atom stereocenters. The Morgan fingerprint density at radius 1 is 1.19 bits per heavy atom. The maximum Gasteiger partial charge on any atom is 0.271 e. The van der Waals surface area contributed by atoms with Crippen molar-refractivity contribution in [1.82, 2.24) is 0 Å². The zero-order valence-electron chi connectivity index (χ0n) is 14.1. The zero-order chi connectivity index (χ0) is 19.6. The van der Waals surface area contributed by atoms with E-state index in [0.717, 1.165) is 12.1 Å². The number of aromatic carboxylic acids is 1. The number of sulfonamides is 1. The largest absolute Gasteiger partial charge is 0.545 e. The molecule has 0 bridgehead atoms. The topological polar surface area (TPSA) is 139 Å². The van der Waals surface area contributed by atoms with Gasteiger partial charge < -0.3 is 14.6 Å². The molecule has 26 heavy (non-hydrogen) atoms. The normalized spacial score (nSPS) is 11.0. The van der Waals surface area contributed by atoms with Crippen LogP contribution in [0.1, 0.15) is 21.5 Å². The zero-order valence-corrected chi connectivity index (χ0v) is 14.9. The molecular formula is C16H15N2O7S-. The van der Waals surface area contributed by atoms with Gasteiger partial charge in [0.2, 0.25) is 0 Å². The summed E-state index contributed by atoms with van der Waals surface area (Å²) in [5, 5.41) is 22.0. The maximum absolute atomic E-state index is 12.7. The lowest BCUT2D eigenvalue weighted by Gasteiger charge is -2.16. The molecule has 0 aliphatic rings. The fourth-order valence-corrected chi connectivity index (χ4v) is 3.72. The van der Waals surface area contributed by atoms with Gasteiger partial charge in [-0.1, -0.05) is 0 Å². The number of anilines is 1.